The van der Waals surface area contributed by atoms with Gasteiger partial charge in [-0.05, 0) is 36.8 Å². The maximum absolute atomic E-state index is 12.0. The smallest absolute Gasteiger partial charge is 0.240 e. The van der Waals surface area contributed by atoms with Crippen LogP contribution in [0.4, 0.5) is 0 Å². The van der Waals surface area contributed by atoms with E-state index in [4.69, 9.17) is 16.3 Å². The zero-order chi connectivity index (χ0) is 15.3. The Morgan fingerprint density at radius 3 is 2.52 bits per heavy atom. The van der Waals surface area contributed by atoms with E-state index in [1.165, 1.54) is 0 Å². The monoisotopic (exact) mass is 325 g/mol. The molecule has 0 fully saturated rings. The van der Waals surface area contributed by atoms with Crippen LogP contribution in [0.1, 0.15) is 5.56 Å². The van der Waals surface area contributed by atoms with E-state index in [0.717, 1.165) is 5.56 Å². The number of hydrogen-bond donors (Lipinski definition) is 1. The molecule has 0 saturated heterocycles. The average Bonchev–Trinajstić information content (AvgIpc) is 2.48. The third kappa shape index (κ3) is 4.46. The number of hydrogen-bond acceptors (Lipinski definition) is 3. The Bertz CT molecular complexity index is 702. The molecule has 2 rings (SSSR count). The highest BCUT2D eigenvalue weighted by atomic mass is 35.5. The van der Waals surface area contributed by atoms with Gasteiger partial charge in [0, 0.05) is 11.6 Å². The van der Waals surface area contributed by atoms with Gasteiger partial charge in [0.1, 0.15) is 12.4 Å². The van der Waals surface area contributed by atoms with Crippen LogP contribution in [0.5, 0.6) is 5.75 Å². The van der Waals surface area contributed by atoms with E-state index in [9.17, 15) is 8.42 Å². The molecule has 2 aromatic rings. The number of rotatable bonds is 6. The van der Waals surface area contributed by atoms with Crippen LogP contribution in [0.25, 0.3) is 0 Å². The number of nitrogens with one attached hydrogen (secondary N) is 1. The van der Waals surface area contributed by atoms with Crippen molar-refractivity contribution in [3.05, 3.63) is 59.1 Å². The molecule has 0 amide bonds. The fourth-order valence-electron chi connectivity index (χ4n) is 1.69. The summed E-state index contributed by atoms with van der Waals surface area (Å²) in [6, 6.07) is 13.6. The van der Waals surface area contributed by atoms with Crippen LogP contribution in [-0.4, -0.2) is 21.6 Å². The highest BCUT2D eigenvalue weighted by Crippen LogP contribution is 2.21. The van der Waals surface area contributed by atoms with Crippen molar-refractivity contribution in [1.29, 1.82) is 0 Å². The fraction of sp³-hybridized carbons (Fsp3) is 0.200. The summed E-state index contributed by atoms with van der Waals surface area (Å²) in [5.74, 6) is 0.615. The number of aryl methyl sites for hydroxylation is 1. The Kier molecular flexibility index (Phi) is 5.22. The largest absolute Gasteiger partial charge is 0.492 e. The van der Waals surface area contributed by atoms with Gasteiger partial charge >= 0.3 is 0 Å². The lowest BCUT2D eigenvalue weighted by molar-refractivity contribution is 0.323. The summed E-state index contributed by atoms with van der Waals surface area (Å²) < 4.78 is 31.9. The van der Waals surface area contributed by atoms with E-state index in [1.54, 1.807) is 42.5 Å². The average molecular weight is 326 g/mol. The third-order valence-electron chi connectivity index (χ3n) is 2.86. The molecule has 0 aliphatic carbocycles. The predicted molar refractivity (Wildman–Crippen MR) is 83.3 cm³/mol. The van der Waals surface area contributed by atoms with Crippen LogP contribution < -0.4 is 9.46 Å². The second-order valence-corrected chi connectivity index (χ2v) is 6.64. The molecule has 2 aromatic carbocycles. The van der Waals surface area contributed by atoms with E-state index >= 15 is 0 Å². The summed E-state index contributed by atoms with van der Waals surface area (Å²) in [6.07, 6.45) is 0. The molecule has 0 aromatic heterocycles. The minimum atomic E-state index is -3.49. The standard InChI is InChI=1S/C15H16ClNO3S/c1-12-7-8-13(11-15(12)16)20-10-9-17-21(18,19)14-5-3-2-4-6-14/h2-8,11,17H,9-10H2,1H3. The van der Waals surface area contributed by atoms with E-state index in [-0.39, 0.29) is 18.0 Å². The SMILES string of the molecule is Cc1ccc(OCCNS(=O)(=O)c2ccccc2)cc1Cl. The third-order valence-corrected chi connectivity index (χ3v) is 4.74. The van der Waals surface area contributed by atoms with E-state index in [2.05, 4.69) is 4.72 Å². The summed E-state index contributed by atoms with van der Waals surface area (Å²) in [5, 5.41) is 0.623. The summed E-state index contributed by atoms with van der Waals surface area (Å²) in [4.78, 5) is 0.239. The lowest BCUT2D eigenvalue weighted by Crippen LogP contribution is -2.28. The molecule has 4 nitrogen and oxygen atoms in total. The second kappa shape index (κ2) is 6.93. The summed E-state index contributed by atoms with van der Waals surface area (Å²) in [6.45, 7) is 2.31. The van der Waals surface area contributed by atoms with Crippen molar-refractivity contribution >= 4 is 21.6 Å². The first-order chi connectivity index (χ1) is 9.99. The molecule has 0 radical (unpaired) electrons. The van der Waals surface area contributed by atoms with Crippen molar-refractivity contribution in [3.8, 4) is 5.75 Å². The molecule has 112 valence electrons. The van der Waals surface area contributed by atoms with Gasteiger partial charge in [-0.2, -0.15) is 0 Å². The Balaban J connectivity index is 1.86. The van der Waals surface area contributed by atoms with Crippen LogP contribution in [0.15, 0.2) is 53.4 Å². The summed E-state index contributed by atoms with van der Waals surface area (Å²) in [5.41, 5.74) is 0.966. The van der Waals surface area contributed by atoms with E-state index < -0.39 is 10.0 Å². The maximum atomic E-state index is 12.0. The molecule has 0 spiro atoms. The van der Waals surface area contributed by atoms with E-state index in [0.29, 0.717) is 10.8 Å². The molecule has 6 heteroatoms. The Hall–Kier alpha value is -1.56. The summed E-state index contributed by atoms with van der Waals surface area (Å²) >= 11 is 5.99. The number of sulfonamides is 1. The van der Waals surface area contributed by atoms with Gasteiger partial charge in [0.05, 0.1) is 4.90 Å². The maximum Gasteiger partial charge on any atom is 0.240 e. The summed E-state index contributed by atoms with van der Waals surface area (Å²) in [7, 11) is -3.49. The first kappa shape index (κ1) is 15.8. The first-order valence-electron chi connectivity index (χ1n) is 6.43. The van der Waals surface area contributed by atoms with Crippen molar-refractivity contribution in [3.63, 3.8) is 0 Å². The molecule has 0 unspecified atom stereocenters. The van der Waals surface area contributed by atoms with Crippen molar-refractivity contribution in [2.75, 3.05) is 13.2 Å². The normalized spacial score (nSPS) is 11.3. The Labute approximate surface area is 129 Å². The topological polar surface area (TPSA) is 55.4 Å². The van der Waals surface area contributed by atoms with Gasteiger partial charge in [-0.1, -0.05) is 35.9 Å². The zero-order valence-electron chi connectivity index (χ0n) is 11.5. The molecule has 0 aliphatic rings. The highest BCUT2D eigenvalue weighted by Gasteiger charge is 2.12. The minimum absolute atomic E-state index is 0.183. The number of halogens is 1. The molecule has 0 heterocycles. The second-order valence-electron chi connectivity index (χ2n) is 4.47. The predicted octanol–water partition coefficient (Wildman–Crippen LogP) is 3.01. The molecule has 21 heavy (non-hydrogen) atoms. The van der Waals surface area contributed by atoms with Crippen LogP contribution in [0, 0.1) is 6.92 Å². The Morgan fingerprint density at radius 2 is 1.86 bits per heavy atom. The van der Waals surface area contributed by atoms with Gasteiger partial charge in [-0.25, -0.2) is 13.1 Å². The van der Waals surface area contributed by atoms with Gasteiger partial charge in [-0.3, -0.25) is 0 Å². The van der Waals surface area contributed by atoms with Gasteiger partial charge in [0.15, 0.2) is 0 Å². The van der Waals surface area contributed by atoms with Crippen molar-refractivity contribution in [2.24, 2.45) is 0 Å². The van der Waals surface area contributed by atoms with Crippen molar-refractivity contribution < 1.29 is 13.2 Å². The number of ether oxygens (including phenoxy) is 1. The van der Waals surface area contributed by atoms with Gasteiger partial charge in [0.2, 0.25) is 10.0 Å². The molecular formula is C15H16ClNO3S. The molecular weight excluding hydrogens is 310 g/mol. The van der Waals surface area contributed by atoms with Gasteiger partial charge < -0.3 is 4.74 Å². The van der Waals surface area contributed by atoms with Crippen LogP contribution in [-0.2, 0) is 10.0 Å². The lowest BCUT2D eigenvalue weighted by atomic mass is 10.2. The molecule has 0 bridgehead atoms. The molecule has 1 N–H and O–H groups in total. The minimum Gasteiger partial charge on any atom is -0.492 e. The van der Waals surface area contributed by atoms with Crippen LogP contribution in [0.2, 0.25) is 5.02 Å². The quantitative estimate of drug-likeness (QED) is 0.831. The zero-order valence-corrected chi connectivity index (χ0v) is 13.1. The van der Waals surface area contributed by atoms with Crippen LogP contribution >= 0.6 is 11.6 Å². The van der Waals surface area contributed by atoms with E-state index in [1.807, 2.05) is 13.0 Å². The van der Waals surface area contributed by atoms with Crippen molar-refractivity contribution in [1.82, 2.24) is 4.72 Å². The van der Waals surface area contributed by atoms with Crippen molar-refractivity contribution in [2.45, 2.75) is 11.8 Å². The Morgan fingerprint density at radius 1 is 1.14 bits per heavy atom. The fourth-order valence-corrected chi connectivity index (χ4v) is 2.90. The van der Waals surface area contributed by atoms with Gasteiger partial charge in [0.25, 0.3) is 0 Å². The lowest BCUT2D eigenvalue weighted by Gasteiger charge is -2.09. The molecule has 0 saturated carbocycles. The highest BCUT2D eigenvalue weighted by molar-refractivity contribution is 7.89. The molecule has 0 atom stereocenters. The first-order valence-corrected chi connectivity index (χ1v) is 8.29. The molecule has 0 aliphatic heterocycles. The number of benzene rings is 2. The van der Waals surface area contributed by atoms with Gasteiger partial charge in [-0.15, -0.1) is 0 Å². The van der Waals surface area contributed by atoms with Crippen LogP contribution in [0.3, 0.4) is 0 Å².